The van der Waals surface area contributed by atoms with Crippen molar-refractivity contribution in [2.24, 2.45) is 0 Å². The van der Waals surface area contributed by atoms with Gasteiger partial charge in [-0.2, -0.15) is 5.10 Å². The number of hydrogen-bond donors (Lipinski definition) is 3. The van der Waals surface area contributed by atoms with Gasteiger partial charge in [0.15, 0.2) is 5.69 Å². The number of nitrogens with zero attached hydrogens (tertiary/aromatic N) is 1. The van der Waals surface area contributed by atoms with Crippen LogP contribution < -0.4 is 10.6 Å². The van der Waals surface area contributed by atoms with Gasteiger partial charge in [-0.1, -0.05) is 60.1 Å². The molecule has 0 atom stereocenters. The fraction of sp³-hybridized carbons (Fsp3) is 0.0476. The Labute approximate surface area is 161 Å². The fourth-order valence-corrected chi connectivity index (χ4v) is 3.10. The van der Waals surface area contributed by atoms with Gasteiger partial charge < -0.3 is 10.6 Å². The van der Waals surface area contributed by atoms with Crippen molar-refractivity contribution in [3.63, 3.8) is 0 Å². The average molecular weight is 377 g/mol. The number of amides is 1. The van der Waals surface area contributed by atoms with Gasteiger partial charge >= 0.3 is 0 Å². The van der Waals surface area contributed by atoms with Crippen LogP contribution in [0, 0.1) is 0 Å². The van der Waals surface area contributed by atoms with Crippen LogP contribution in [0.25, 0.3) is 10.9 Å². The molecule has 0 spiro atoms. The molecule has 6 heteroatoms. The zero-order valence-corrected chi connectivity index (χ0v) is 15.1. The Morgan fingerprint density at radius 2 is 1.78 bits per heavy atom. The van der Waals surface area contributed by atoms with Crippen LogP contribution in [0.5, 0.6) is 0 Å². The molecule has 27 heavy (non-hydrogen) atoms. The third kappa shape index (κ3) is 3.78. The zero-order chi connectivity index (χ0) is 18.6. The summed E-state index contributed by atoms with van der Waals surface area (Å²) in [5.41, 5.74) is 3.76. The summed E-state index contributed by atoms with van der Waals surface area (Å²) in [4.78, 5) is 12.5. The van der Waals surface area contributed by atoms with E-state index in [1.54, 1.807) is 6.07 Å². The lowest BCUT2D eigenvalue weighted by Crippen LogP contribution is -2.13. The predicted octanol–water partition coefficient (Wildman–Crippen LogP) is 5.08. The first kappa shape index (κ1) is 17.1. The van der Waals surface area contributed by atoms with Crippen LogP contribution in [0.15, 0.2) is 72.8 Å². The van der Waals surface area contributed by atoms with E-state index in [9.17, 15) is 4.79 Å². The molecule has 3 aromatic carbocycles. The van der Waals surface area contributed by atoms with Gasteiger partial charge in [-0.05, 0) is 29.8 Å². The van der Waals surface area contributed by atoms with E-state index in [2.05, 4.69) is 20.8 Å². The molecule has 0 aliphatic rings. The van der Waals surface area contributed by atoms with Crippen LogP contribution in [0.2, 0.25) is 5.02 Å². The van der Waals surface area contributed by atoms with Gasteiger partial charge in [0.05, 0.1) is 16.2 Å². The van der Waals surface area contributed by atoms with E-state index >= 15 is 0 Å². The Balaban J connectivity index is 1.46. The number of H-pyrrole nitrogens is 1. The lowest BCUT2D eigenvalue weighted by Gasteiger charge is -2.11. The van der Waals surface area contributed by atoms with E-state index in [1.807, 2.05) is 66.7 Å². The molecular formula is C21H17ClN4O. The first-order valence-electron chi connectivity index (χ1n) is 8.52. The molecule has 0 bridgehead atoms. The number of para-hydroxylation sites is 1. The number of halogens is 1. The summed E-state index contributed by atoms with van der Waals surface area (Å²) in [5, 5.41) is 14.4. The minimum Gasteiger partial charge on any atom is -0.380 e. The molecule has 3 N–H and O–H groups in total. The molecule has 0 aliphatic carbocycles. The highest BCUT2D eigenvalue weighted by molar-refractivity contribution is 6.33. The minimum absolute atomic E-state index is 0.284. The maximum absolute atomic E-state index is 12.5. The summed E-state index contributed by atoms with van der Waals surface area (Å²) in [6.07, 6.45) is 0. The number of nitrogens with one attached hydrogen (secondary N) is 3. The van der Waals surface area contributed by atoms with Crippen LogP contribution in [0.4, 0.5) is 11.4 Å². The molecule has 0 fully saturated rings. The summed E-state index contributed by atoms with van der Waals surface area (Å²) in [6, 6.07) is 23.0. The van der Waals surface area contributed by atoms with Gasteiger partial charge in [0.2, 0.25) is 0 Å². The van der Waals surface area contributed by atoms with Crippen molar-refractivity contribution < 1.29 is 4.79 Å². The van der Waals surface area contributed by atoms with E-state index < -0.39 is 0 Å². The normalized spacial score (nSPS) is 10.7. The van der Waals surface area contributed by atoms with Crippen molar-refractivity contribution in [2.45, 2.75) is 6.54 Å². The SMILES string of the molecule is O=C(Nc1ccc(NCc2ccccc2)c(Cl)c1)c1n[nH]c2ccccc12. The number of carbonyl (C=O) groups is 1. The third-order valence-corrected chi connectivity index (χ3v) is 4.55. The van der Waals surface area contributed by atoms with Crippen LogP contribution >= 0.6 is 11.6 Å². The fourth-order valence-electron chi connectivity index (χ4n) is 2.86. The highest BCUT2D eigenvalue weighted by Gasteiger charge is 2.14. The minimum atomic E-state index is -0.284. The van der Waals surface area contributed by atoms with Crippen LogP contribution in [-0.2, 0) is 6.54 Å². The quantitative estimate of drug-likeness (QED) is 0.455. The molecular weight excluding hydrogens is 360 g/mol. The number of aromatic amines is 1. The first-order chi connectivity index (χ1) is 13.2. The van der Waals surface area contributed by atoms with Crippen molar-refractivity contribution in [3.8, 4) is 0 Å². The third-order valence-electron chi connectivity index (χ3n) is 4.24. The average Bonchev–Trinajstić information content (AvgIpc) is 3.12. The Kier molecular flexibility index (Phi) is 4.77. The van der Waals surface area contributed by atoms with E-state index in [4.69, 9.17) is 11.6 Å². The summed E-state index contributed by atoms with van der Waals surface area (Å²) in [6.45, 7) is 0.672. The molecule has 0 aliphatic heterocycles. The lowest BCUT2D eigenvalue weighted by molar-refractivity contribution is 0.102. The molecule has 4 rings (SSSR count). The van der Waals surface area contributed by atoms with Gasteiger partial charge in [0.1, 0.15) is 0 Å². The van der Waals surface area contributed by atoms with Crippen molar-refractivity contribution in [2.75, 3.05) is 10.6 Å². The molecule has 0 unspecified atom stereocenters. The highest BCUT2D eigenvalue weighted by Crippen LogP contribution is 2.26. The molecule has 5 nitrogen and oxygen atoms in total. The smallest absolute Gasteiger partial charge is 0.276 e. The monoisotopic (exact) mass is 376 g/mol. The Bertz CT molecular complexity index is 1090. The van der Waals surface area contributed by atoms with E-state index in [-0.39, 0.29) is 5.91 Å². The van der Waals surface area contributed by atoms with Crippen LogP contribution in [0.1, 0.15) is 16.1 Å². The maximum atomic E-state index is 12.5. The summed E-state index contributed by atoms with van der Waals surface area (Å²) in [5.74, 6) is -0.284. The van der Waals surface area contributed by atoms with Gasteiger partial charge in [-0.25, -0.2) is 0 Å². The topological polar surface area (TPSA) is 69.8 Å². The second kappa shape index (κ2) is 7.51. The van der Waals surface area contributed by atoms with E-state index in [1.165, 1.54) is 0 Å². The van der Waals surface area contributed by atoms with E-state index in [0.717, 1.165) is 22.2 Å². The highest BCUT2D eigenvalue weighted by atomic mass is 35.5. The lowest BCUT2D eigenvalue weighted by atomic mass is 10.2. The second-order valence-corrected chi connectivity index (χ2v) is 6.51. The van der Waals surface area contributed by atoms with Crippen molar-refractivity contribution in [3.05, 3.63) is 89.1 Å². The maximum Gasteiger partial charge on any atom is 0.276 e. The predicted molar refractivity (Wildman–Crippen MR) is 109 cm³/mol. The second-order valence-electron chi connectivity index (χ2n) is 6.11. The Morgan fingerprint density at radius 1 is 1.00 bits per heavy atom. The summed E-state index contributed by atoms with van der Waals surface area (Å²) in [7, 11) is 0. The van der Waals surface area contributed by atoms with Crippen molar-refractivity contribution in [1.29, 1.82) is 0 Å². The van der Waals surface area contributed by atoms with Gasteiger partial charge in [0, 0.05) is 17.6 Å². The number of carbonyl (C=O) groups excluding carboxylic acids is 1. The molecule has 1 amide bonds. The molecule has 134 valence electrons. The molecule has 1 aromatic heterocycles. The number of aromatic nitrogens is 2. The van der Waals surface area contributed by atoms with E-state index in [0.29, 0.717) is 22.9 Å². The Hall–Kier alpha value is -3.31. The van der Waals surface area contributed by atoms with Crippen molar-refractivity contribution >= 4 is 39.8 Å². The molecule has 0 saturated heterocycles. The van der Waals surface area contributed by atoms with Crippen LogP contribution in [0.3, 0.4) is 0 Å². The number of fused-ring (bicyclic) bond motifs is 1. The van der Waals surface area contributed by atoms with Gasteiger partial charge in [-0.3, -0.25) is 9.89 Å². The largest absolute Gasteiger partial charge is 0.380 e. The number of hydrogen-bond acceptors (Lipinski definition) is 3. The van der Waals surface area contributed by atoms with Gasteiger partial charge in [-0.15, -0.1) is 0 Å². The number of anilines is 2. The van der Waals surface area contributed by atoms with Crippen LogP contribution in [-0.4, -0.2) is 16.1 Å². The van der Waals surface area contributed by atoms with Crippen molar-refractivity contribution in [1.82, 2.24) is 10.2 Å². The first-order valence-corrected chi connectivity index (χ1v) is 8.90. The Morgan fingerprint density at radius 3 is 2.59 bits per heavy atom. The number of rotatable bonds is 5. The standard InChI is InChI=1S/C21H17ClN4O/c22-17-12-15(10-11-19(17)23-13-14-6-2-1-3-7-14)24-21(27)20-16-8-4-5-9-18(16)25-26-20/h1-12,23H,13H2,(H,24,27)(H,25,26). The zero-order valence-electron chi connectivity index (χ0n) is 14.4. The number of benzene rings is 3. The molecule has 0 radical (unpaired) electrons. The summed E-state index contributed by atoms with van der Waals surface area (Å²) < 4.78 is 0. The molecule has 1 heterocycles. The summed E-state index contributed by atoms with van der Waals surface area (Å²) >= 11 is 6.36. The molecule has 0 saturated carbocycles. The molecule has 4 aromatic rings. The van der Waals surface area contributed by atoms with Gasteiger partial charge in [0.25, 0.3) is 5.91 Å².